The normalized spacial score (nSPS) is 27.7. The molecule has 0 aliphatic carbocycles. The number of nitrogens with zero attached hydrogens (tertiary/aromatic N) is 1. The van der Waals surface area contributed by atoms with Crippen molar-refractivity contribution in [2.24, 2.45) is 0 Å². The maximum absolute atomic E-state index is 14.3. The molecule has 4 rings (SSSR count). The van der Waals surface area contributed by atoms with Crippen molar-refractivity contribution in [3.8, 4) is 5.75 Å². The Labute approximate surface area is 159 Å². The zero-order valence-corrected chi connectivity index (χ0v) is 15.4. The van der Waals surface area contributed by atoms with Gasteiger partial charge < -0.3 is 14.9 Å². The number of fused-ring (bicyclic) bond motifs is 2. The molecule has 27 heavy (non-hydrogen) atoms. The van der Waals surface area contributed by atoms with E-state index in [0.717, 1.165) is 25.1 Å². The van der Waals surface area contributed by atoms with Crippen LogP contribution in [-0.4, -0.2) is 40.4 Å². The molecule has 2 aliphatic rings. The first kappa shape index (κ1) is 18.4. The largest absolute Gasteiger partial charge is 0.491 e. The van der Waals surface area contributed by atoms with Crippen LogP contribution in [0, 0.1) is 5.82 Å². The summed E-state index contributed by atoms with van der Waals surface area (Å²) in [7, 11) is 0. The maximum Gasteiger partial charge on any atom is 0.129 e. The fourth-order valence-electron chi connectivity index (χ4n) is 4.70. The van der Waals surface area contributed by atoms with Crippen LogP contribution in [0.25, 0.3) is 0 Å². The van der Waals surface area contributed by atoms with E-state index in [0.29, 0.717) is 25.0 Å². The summed E-state index contributed by atoms with van der Waals surface area (Å²) in [6.45, 7) is 1.12. The van der Waals surface area contributed by atoms with Crippen molar-refractivity contribution in [1.29, 1.82) is 0 Å². The molecule has 2 N–H and O–H groups in total. The van der Waals surface area contributed by atoms with Crippen LogP contribution >= 0.6 is 0 Å². The van der Waals surface area contributed by atoms with E-state index in [1.807, 2.05) is 24.3 Å². The molecule has 2 aromatic carbocycles. The monoisotopic (exact) mass is 371 g/mol. The summed E-state index contributed by atoms with van der Waals surface area (Å²) in [5.41, 5.74) is 0.557. The highest BCUT2D eigenvalue weighted by atomic mass is 19.1. The summed E-state index contributed by atoms with van der Waals surface area (Å²) < 4.78 is 19.7. The molecule has 2 fully saturated rings. The zero-order valence-electron chi connectivity index (χ0n) is 15.4. The van der Waals surface area contributed by atoms with Gasteiger partial charge in [-0.1, -0.05) is 30.3 Å². The fraction of sp³-hybridized carbons (Fsp3) is 0.455. The van der Waals surface area contributed by atoms with Gasteiger partial charge in [-0.05, 0) is 49.4 Å². The lowest BCUT2D eigenvalue weighted by molar-refractivity contribution is -0.0615. The first-order valence-electron chi connectivity index (χ1n) is 9.65. The summed E-state index contributed by atoms with van der Waals surface area (Å²) in [5, 5.41) is 20.0. The van der Waals surface area contributed by atoms with Crippen LogP contribution < -0.4 is 4.74 Å². The van der Waals surface area contributed by atoms with Crippen LogP contribution in [0.2, 0.25) is 0 Å². The molecule has 0 saturated carbocycles. The highest BCUT2D eigenvalue weighted by Gasteiger charge is 2.48. The van der Waals surface area contributed by atoms with E-state index in [4.69, 9.17) is 9.84 Å². The first-order chi connectivity index (χ1) is 13.1. The molecule has 0 aromatic heterocycles. The lowest BCUT2D eigenvalue weighted by Crippen LogP contribution is -2.49. The van der Waals surface area contributed by atoms with Crippen molar-refractivity contribution in [3.05, 3.63) is 65.5 Å². The molecule has 2 aromatic rings. The van der Waals surface area contributed by atoms with Gasteiger partial charge in [0.2, 0.25) is 0 Å². The van der Waals surface area contributed by atoms with Crippen molar-refractivity contribution < 1.29 is 19.3 Å². The number of ether oxygens (including phenoxy) is 1. The van der Waals surface area contributed by atoms with Crippen molar-refractivity contribution >= 4 is 0 Å². The second kappa shape index (κ2) is 7.58. The van der Waals surface area contributed by atoms with E-state index < -0.39 is 5.60 Å². The molecule has 4 nitrogen and oxygen atoms in total. The highest BCUT2D eigenvalue weighted by molar-refractivity contribution is 5.29. The predicted molar refractivity (Wildman–Crippen MR) is 101 cm³/mol. The van der Waals surface area contributed by atoms with Crippen LogP contribution in [0.3, 0.4) is 0 Å². The molecule has 144 valence electrons. The number of rotatable bonds is 6. The third-order valence-electron chi connectivity index (χ3n) is 5.94. The quantitative estimate of drug-likeness (QED) is 0.819. The van der Waals surface area contributed by atoms with E-state index in [1.54, 1.807) is 18.2 Å². The molecular weight excluding hydrogens is 345 g/mol. The number of aliphatic hydroxyl groups is 2. The Morgan fingerprint density at radius 2 is 1.70 bits per heavy atom. The maximum atomic E-state index is 14.3. The van der Waals surface area contributed by atoms with Gasteiger partial charge in [-0.2, -0.15) is 0 Å². The molecule has 0 spiro atoms. The van der Waals surface area contributed by atoms with Crippen molar-refractivity contribution in [1.82, 2.24) is 4.90 Å². The first-order valence-corrected chi connectivity index (χ1v) is 9.65. The van der Waals surface area contributed by atoms with Gasteiger partial charge in [0.05, 0.1) is 12.2 Å². The van der Waals surface area contributed by atoms with E-state index in [2.05, 4.69) is 4.90 Å². The minimum absolute atomic E-state index is 0.00378. The number of aliphatic hydroxyl groups excluding tert-OH is 1. The van der Waals surface area contributed by atoms with Gasteiger partial charge in [-0.3, -0.25) is 4.90 Å². The minimum atomic E-state index is -1.07. The highest BCUT2D eigenvalue weighted by Crippen LogP contribution is 2.46. The second-order valence-electron chi connectivity index (χ2n) is 7.69. The van der Waals surface area contributed by atoms with Gasteiger partial charge in [0.1, 0.15) is 18.2 Å². The minimum Gasteiger partial charge on any atom is -0.491 e. The lowest BCUT2D eigenvalue weighted by atomic mass is 9.80. The van der Waals surface area contributed by atoms with Gasteiger partial charge in [-0.25, -0.2) is 4.39 Å². The van der Waals surface area contributed by atoms with E-state index in [9.17, 15) is 9.50 Å². The lowest BCUT2D eigenvalue weighted by Gasteiger charge is -2.44. The van der Waals surface area contributed by atoms with Crippen LogP contribution in [0.15, 0.2) is 48.5 Å². The molecule has 2 bridgehead atoms. The SMILES string of the molecule is OCCOc1ccc(CN2[C@@H]3CC[C@@H]2CC(O)(c2ccccc2F)C3)cc1. The molecule has 0 amide bonds. The fourth-order valence-corrected chi connectivity index (χ4v) is 4.70. The summed E-state index contributed by atoms with van der Waals surface area (Å²) in [6, 6.07) is 15.1. The van der Waals surface area contributed by atoms with E-state index in [-0.39, 0.29) is 24.5 Å². The summed E-state index contributed by atoms with van der Waals surface area (Å²) in [6.07, 6.45) is 3.22. The predicted octanol–water partition coefficient (Wildman–Crippen LogP) is 3.21. The topological polar surface area (TPSA) is 52.9 Å². The second-order valence-corrected chi connectivity index (χ2v) is 7.69. The van der Waals surface area contributed by atoms with Crippen LogP contribution in [0.1, 0.15) is 36.8 Å². The van der Waals surface area contributed by atoms with Gasteiger partial charge >= 0.3 is 0 Å². The Kier molecular flexibility index (Phi) is 5.17. The van der Waals surface area contributed by atoms with Crippen molar-refractivity contribution in [3.63, 3.8) is 0 Å². The average molecular weight is 371 g/mol. The molecule has 2 atom stereocenters. The number of hydrogen-bond acceptors (Lipinski definition) is 4. The number of piperidine rings is 1. The Bertz CT molecular complexity index is 765. The Morgan fingerprint density at radius 3 is 2.33 bits per heavy atom. The van der Waals surface area contributed by atoms with Crippen LogP contribution in [0.5, 0.6) is 5.75 Å². The smallest absolute Gasteiger partial charge is 0.129 e. The van der Waals surface area contributed by atoms with Gasteiger partial charge in [-0.15, -0.1) is 0 Å². The van der Waals surface area contributed by atoms with Crippen molar-refractivity contribution in [2.45, 2.75) is 49.9 Å². The van der Waals surface area contributed by atoms with Gasteiger partial charge in [0.25, 0.3) is 0 Å². The van der Waals surface area contributed by atoms with Gasteiger partial charge in [0, 0.05) is 24.2 Å². The van der Waals surface area contributed by atoms with E-state index in [1.165, 1.54) is 11.6 Å². The molecule has 0 radical (unpaired) electrons. The molecule has 0 unspecified atom stereocenters. The third kappa shape index (κ3) is 3.72. The van der Waals surface area contributed by atoms with E-state index >= 15 is 0 Å². The van der Waals surface area contributed by atoms with Crippen LogP contribution in [0.4, 0.5) is 4.39 Å². The Morgan fingerprint density at radius 1 is 1.04 bits per heavy atom. The van der Waals surface area contributed by atoms with Crippen LogP contribution in [-0.2, 0) is 12.1 Å². The number of halogens is 1. The molecular formula is C22H26FNO3. The standard InChI is InChI=1S/C22H26FNO3/c23-21-4-2-1-3-20(21)22(26)13-17-7-8-18(14-22)24(17)15-16-5-9-19(10-6-16)27-12-11-25/h1-6,9-10,17-18,25-26H,7-8,11-15H2/t17-,18-/m1/s1. The Balaban J connectivity index is 1.46. The number of benzene rings is 2. The molecule has 2 saturated heterocycles. The van der Waals surface area contributed by atoms with Gasteiger partial charge in [0.15, 0.2) is 0 Å². The summed E-state index contributed by atoms with van der Waals surface area (Å²) >= 11 is 0. The third-order valence-corrected chi connectivity index (χ3v) is 5.94. The summed E-state index contributed by atoms with van der Waals surface area (Å²) in [5.74, 6) is 0.440. The molecule has 2 heterocycles. The van der Waals surface area contributed by atoms with Crippen molar-refractivity contribution in [2.75, 3.05) is 13.2 Å². The average Bonchev–Trinajstić information content (AvgIpc) is 2.91. The number of hydrogen-bond donors (Lipinski definition) is 2. The molecule has 5 heteroatoms. The summed E-state index contributed by atoms with van der Waals surface area (Å²) in [4.78, 5) is 2.46. The Hall–Kier alpha value is -1.95. The zero-order chi connectivity index (χ0) is 18.9. The molecule has 2 aliphatic heterocycles.